The van der Waals surface area contributed by atoms with Gasteiger partial charge < -0.3 is 107 Å². The molecular formula is C69H108N20O15S. The molecule has 3 saturated heterocycles. The molecule has 0 aromatic heterocycles. The summed E-state index contributed by atoms with van der Waals surface area (Å²) in [6, 6.07) is 3.32. The third-order valence-corrected chi connectivity index (χ3v) is 18.7. The zero-order valence-electron chi connectivity index (χ0n) is 60.1. The zero-order chi connectivity index (χ0) is 77.1. The zero-order valence-corrected chi connectivity index (χ0v) is 60.9. The number of rotatable bonds is 44. The fraction of sp³-hybridized carbons (Fsp3) is 0.609. The minimum atomic E-state index is -1.65. The Morgan fingerprint density at radius 2 is 0.943 bits per heavy atom. The number of benzene rings is 2. The molecule has 2 aromatic carbocycles. The van der Waals surface area contributed by atoms with E-state index < -0.39 is 156 Å². The van der Waals surface area contributed by atoms with Crippen LogP contribution in [0, 0.1) is 5.92 Å². The minimum absolute atomic E-state index is 0.0115. The van der Waals surface area contributed by atoms with Crippen LogP contribution < -0.4 is 82.3 Å². The van der Waals surface area contributed by atoms with Crippen molar-refractivity contribution in [2.75, 3.05) is 71.0 Å². The summed E-state index contributed by atoms with van der Waals surface area (Å²) in [5.74, 6) is -10.0. The van der Waals surface area contributed by atoms with Gasteiger partial charge in [-0.05, 0) is 132 Å². The van der Waals surface area contributed by atoms with Crippen molar-refractivity contribution < 1.29 is 72.5 Å². The van der Waals surface area contributed by atoms with Crippen LogP contribution in [-0.2, 0) is 75.2 Å². The second kappa shape index (κ2) is 44.9. The minimum Gasteiger partial charge on any atom is -0.480 e. The standard InChI is InChI=1S/C69H108N20O15S/c1-41(2)35-48(79-55(91)38-71)59(95)82-45(27-34-105-3)58(94)81-44(21-10-11-28-70)57(93)83-46(22-12-29-76-68(72)73)64(100)89-33-16-26-54(89)66(102)88-32-14-24-52(88)62(98)78-39-56(92)80-49(36-42-17-6-4-7-18-42)60(96)86-51(40-90)65(101)87-31-15-25-53(87)63(99)85-50(37-43-19-8-5-9-20-43)61(97)84-47(67(103)104)23-13-30-77-69(74)75/h4-9,17-20,41,44-54,90H,10-16,21-40,70-71H2,1-3H3,(H,78,98)(H,79,91)(H,80,92)(H,81,94)(H,82,95)(H,83,93)(H,84,97)(H,85,99)(H,86,96)(H,103,104)(H4,72,73,76)(H4,74,75,77)/t44-,45-,46-,47-,48-,49-,50-,51-,52-,53-,54-/m0/s1. The second-order valence-corrected chi connectivity index (χ2v) is 27.6. The quantitative estimate of drug-likeness (QED) is 0.0169. The number of carbonyl (C=O) groups is 13. The number of thioether (sulfide) groups is 1. The summed E-state index contributed by atoms with van der Waals surface area (Å²) in [4.78, 5) is 193. The first-order valence-corrected chi connectivity index (χ1v) is 37.1. The molecule has 3 fully saturated rings. The first kappa shape index (κ1) is 86.0. The molecule has 2 aromatic rings. The molecule has 5 rings (SSSR count). The lowest BCUT2D eigenvalue weighted by Crippen LogP contribution is -2.60. The number of carbonyl (C=O) groups excluding carboxylic acids is 12. The van der Waals surface area contributed by atoms with Crippen LogP contribution in [0.25, 0.3) is 0 Å². The number of hydrogen-bond acceptors (Lipinski definition) is 19. The molecule has 11 atom stereocenters. The molecule has 0 bridgehead atoms. The van der Waals surface area contributed by atoms with E-state index in [9.17, 15) is 72.5 Å². The van der Waals surface area contributed by atoms with Crippen LogP contribution in [0.2, 0.25) is 0 Å². The van der Waals surface area contributed by atoms with Gasteiger partial charge in [0.05, 0.1) is 19.7 Å². The first-order chi connectivity index (χ1) is 50.2. The number of likely N-dealkylation sites (tertiary alicyclic amines) is 3. The number of aliphatic carboxylic acids is 1. The van der Waals surface area contributed by atoms with Gasteiger partial charge in [-0.25, -0.2) is 4.79 Å². The van der Waals surface area contributed by atoms with Gasteiger partial charge >= 0.3 is 5.97 Å². The van der Waals surface area contributed by atoms with Crippen LogP contribution in [0.1, 0.15) is 121 Å². The lowest BCUT2D eigenvalue weighted by atomic mass is 10.0. The van der Waals surface area contributed by atoms with Gasteiger partial charge in [-0.15, -0.1) is 0 Å². The maximum Gasteiger partial charge on any atom is 0.326 e. The molecule has 35 nitrogen and oxygen atoms in total. The number of aliphatic hydroxyl groups excluding tert-OH is 1. The van der Waals surface area contributed by atoms with Crippen molar-refractivity contribution in [3.05, 3.63) is 71.8 Å². The number of aliphatic hydroxyl groups is 1. The van der Waals surface area contributed by atoms with E-state index >= 15 is 0 Å². The van der Waals surface area contributed by atoms with Crippen molar-refractivity contribution in [2.45, 2.75) is 189 Å². The van der Waals surface area contributed by atoms with E-state index in [1.807, 2.05) is 20.1 Å². The van der Waals surface area contributed by atoms with E-state index in [-0.39, 0.29) is 141 Å². The molecule has 0 unspecified atom stereocenters. The van der Waals surface area contributed by atoms with Gasteiger partial charge in [0.25, 0.3) is 0 Å². The van der Waals surface area contributed by atoms with Crippen LogP contribution in [0.4, 0.5) is 0 Å². The monoisotopic (exact) mass is 1490 g/mol. The highest BCUT2D eigenvalue weighted by Gasteiger charge is 2.45. The Labute approximate surface area is 615 Å². The molecule has 3 aliphatic heterocycles. The number of amides is 12. The van der Waals surface area contributed by atoms with E-state index in [0.717, 1.165) is 4.90 Å². The molecular weight excluding hydrogens is 1380 g/mol. The second-order valence-electron chi connectivity index (χ2n) is 26.6. The van der Waals surface area contributed by atoms with Gasteiger partial charge in [-0.3, -0.25) is 67.5 Å². The van der Waals surface area contributed by atoms with Gasteiger partial charge in [0, 0.05) is 45.6 Å². The van der Waals surface area contributed by atoms with Gasteiger partial charge in [0.1, 0.15) is 66.5 Å². The van der Waals surface area contributed by atoms with Crippen LogP contribution in [0.15, 0.2) is 70.6 Å². The maximum absolute atomic E-state index is 14.9. The smallest absolute Gasteiger partial charge is 0.326 e. The Morgan fingerprint density at radius 3 is 1.46 bits per heavy atom. The average Bonchev–Trinajstić information content (AvgIpc) is 1.67. The molecule has 0 saturated carbocycles. The largest absolute Gasteiger partial charge is 0.480 e. The van der Waals surface area contributed by atoms with E-state index in [0.29, 0.717) is 49.0 Å². The van der Waals surface area contributed by atoms with Crippen LogP contribution in [0.3, 0.4) is 0 Å². The highest BCUT2D eigenvalue weighted by Crippen LogP contribution is 2.27. The number of hydrogen-bond donors (Lipinski definition) is 17. The summed E-state index contributed by atoms with van der Waals surface area (Å²) < 4.78 is 0. The van der Waals surface area contributed by atoms with Gasteiger partial charge in [-0.2, -0.15) is 11.8 Å². The van der Waals surface area contributed by atoms with Gasteiger partial charge in [0.2, 0.25) is 70.9 Å². The molecule has 3 aliphatic rings. The lowest BCUT2D eigenvalue weighted by molar-refractivity contribution is -0.148. The number of guanidine groups is 2. The molecule has 12 amide bonds. The third kappa shape index (κ3) is 28.4. The highest BCUT2D eigenvalue weighted by molar-refractivity contribution is 7.98. The molecule has 3 heterocycles. The van der Waals surface area contributed by atoms with Crippen LogP contribution in [0.5, 0.6) is 0 Å². The topological polar surface area (TPSA) is 561 Å². The molecule has 0 aliphatic carbocycles. The van der Waals surface area contributed by atoms with Crippen LogP contribution >= 0.6 is 11.8 Å². The average molecular weight is 1490 g/mol. The van der Waals surface area contributed by atoms with E-state index in [1.54, 1.807) is 60.7 Å². The summed E-state index contributed by atoms with van der Waals surface area (Å²) in [5, 5.41) is 44.5. The fourth-order valence-electron chi connectivity index (χ4n) is 12.7. The predicted octanol–water partition coefficient (Wildman–Crippen LogP) is -4.49. The van der Waals surface area contributed by atoms with E-state index in [2.05, 4.69) is 57.8 Å². The lowest BCUT2D eigenvalue weighted by Gasteiger charge is -2.33. The Bertz CT molecular complexity index is 3310. The number of nitrogens with two attached hydrogens (primary N) is 6. The van der Waals surface area contributed by atoms with Crippen molar-refractivity contribution in [3.8, 4) is 0 Å². The molecule has 0 spiro atoms. The van der Waals surface area contributed by atoms with Gasteiger partial charge in [0.15, 0.2) is 11.9 Å². The summed E-state index contributed by atoms with van der Waals surface area (Å²) >= 11 is 1.42. The Balaban J connectivity index is 1.27. The summed E-state index contributed by atoms with van der Waals surface area (Å²) in [6.45, 7) is 2.39. The van der Waals surface area contributed by atoms with E-state index in [1.165, 1.54) is 21.6 Å². The van der Waals surface area contributed by atoms with Crippen molar-refractivity contribution in [1.82, 2.24) is 62.6 Å². The van der Waals surface area contributed by atoms with Crippen molar-refractivity contribution in [2.24, 2.45) is 50.3 Å². The normalized spacial score (nSPS) is 17.7. The predicted molar refractivity (Wildman–Crippen MR) is 392 cm³/mol. The maximum atomic E-state index is 14.9. The SMILES string of the molecule is CSCC[C@H](NC(=O)[C@H](CC(C)C)NC(=O)CN)C(=O)N[C@@H](CCCCN)C(=O)N[C@@H](CCCN=C(N)N)C(=O)N1CCC[C@H]1C(=O)N1CCC[C@H]1C(=O)NCC(=O)N[C@@H](Cc1ccccc1)C(=O)N[C@@H](CO)C(=O)N1CCC[C@H]1C(=O)N[C@@H](Cc1ccccc1)C(=O)N[C@@H](CCCN=C(N)N)C(=O)O. The van der Waals surface area contributed by atoms with E-state index in [4.69, 9.17) is 34.4 Å². The Kier molecular flexibility index (Phi) is 36.7. The van der Waals surface area contributed by atoms with Gasteiger partial charge in [-0.1, -0.05) is 74.5 Å². The number of nitrogens with one attached hydrogen (secondary N) is 9. The first-order valence-electron chi connectivity index (χ1n) is 35.7. The molecule has 36 heteroatoms. The van der Waals surface area contributed by atoms with Crippen molar-refractivity contribution in [1.29, 1.82) is 0 Å². The summed E-state index contributed by atoms with van der Waals surface area (Å²) in [6.07, 6.45) is 4.86. The summed E-state index contributed by atoms with van der Waals surface area (Å²) in [5.41, 5.74) is 34.6. The van der Waals surface area contributed by atoms with Crippen molar-refractivity contribution >= 4 is 101 Å². The fourth-order valence-corrected chi connectivity index (χ4v) is 13.2. The number of carboxylic acid groups (broad SMARTS) is 1. The number of carboxylic acids is 1. The Morgan fingerprint density at radius 1 is 0.505 bits per heavy atom. The third-order valence-electron chi connectivity index (χ3n) is 18.1. The molecule has 23 N–H and O–H groups in total. The highest BCUT2D eigenvalue weighted by atomic mass is 32.2. The Hall–Kier alpha value is -9.68. The molecule has 105 heavy (non-hydrogen) atoms. The number of aliphatic imine (C=N–C) groups is 2. The van der Waals surface area contributed by atoms with Crippen molar-refractivity contribution in [3.63, 3.8) is 0 Å². The number of nitrogens with zero attached hydrogens (tertiary/aromatic N) is 5. The summed E-state index contributed by atoms with van der Waals surface area (Å²) in [7, 11) is 0. The molecule has 0 radical (unpaired) electrons. The van der Waals surface area contributed by atoms with Crippen LogP contribution in [-0.4, -0.2) is 251 Å². The molecule has 580 valence electrons. The number of unbranched alkanes of at least 4 members (excludes halogenated alkanes) is 1.